The average Bonchev–Trinajstić information content (AvgIpc) is 2.79. The predicted molar refractivity (Wildman–Crippen MR) is 119 cm³/mol. The smallest absolute Gasteiger partial charge is 0.254 e. The molecule has 0 radical (unpaired) electrons. The third-order valence-corrected chi connectivity index (χ3v) is 6.39. The number of piperidine rings is 1. The number of benzene rings is 2. The lowest BCUT2D eigenvalue weighted by Gasteiger charge is -2.44. The maximum absolute atomic E-state index is 13.2. The van der Waals surface area contributed by atoms with Crippen LogP contribution in [0.3, 0.4) is 0 Å². The van der Waals surface area contributed by atoms with E-state index in [2.05, 4.69) is 0 Å². The Morgan fingerprint density at radius 2 is 1.59 bits per heavy atom. The van der Waals surface area contributed by atoms with Crippen LogP contribution in [0.1, 0.15) is 51.1 Å². The number of Topliss-reactive ketones (excluding diaryl/α,β-unsaturated/α-hetero) is 1. The molecule has 2 aliphatic heterocycles. The zero-order valence-corrected chi connectivity index (χ0v) is 19.2. The Morgan fingerprint density at radius 3 is 2.16 bits per heavy atom. The molecule has 7 heteroatoms. The van der Waals surface area contributed by atoms with Crippen LogP contribution in [-0.2, 0) is 0 Å². The van der Waals surface area contributed by atoms with Crippen LogP contribution in [0.4, 0.5) is 0 Å². The van der Waals surface area contributed by atoms with Gasteiger partial charge in [0.15, 0.2) is 17.3 Å². The number of fused-ring (bicyclic) bond motifs is 1. The number of amides is 1. The molecule has 0 unspecified atom stereocenters. The van der Waals surface area contributed by atoms with Gasteiger partial charge in [0.2, 0.25) is 5.75 Å². The Balaban J connectivity index is 1.53. The van der Waals surface area contributed by atoms with Crippen molar-refractivity contribution in [1.29, 1.82) is 0 Å². The minimum atomic E-state index is -0.559. The largest absolute Gasteiger partial charge is 0.493 e. The topological polar surface area (TPSA) is 74.3 Å². The Morgan fingerprint density at radius 1 is 0.969 bits per heavy atom. The molecule has 0 saturated carbocycles. The van der Waals surface area contributed by atoms with Crippen molar-refractivity contribution in [3.8, 4) is 23.0 Å². The summed E-state index contributed by atoms with van der Waals surface area (Å²) in [5.74, 6) is 2.01. The van der Waals surface area contributed by atoms with E-state index in [-0.39, 0.29) is 11.7 Å². The average molecular weight is 440 g/mol. The molecular formula is C25H29NO6. The van der Waals surface area contributed by atoms with Gasteiger partial charge in [0, 0.05) is 31.5 Å². The Labute approximate surface area is 188 Å². The normalized spacial score (nSPS) is 16.9. The maximum atomic E-state index is 13.2. The second-order valence-corrected chi connectivity index (χ2v) is 8.55. The fraction of sp³-hybridized carbons (Fsp3) is 0.440. The maximum Gasteiger partial charge on any atom is 0.254 e. The van der Waals surface area contributed by atoms with Crippen molar-refractivity contribution >= 4 is 11.7 Å². The highest BCUT2D eigenvalue weighted by Crippen LogP contribution is 2.42. The summed E-state index contributed by atoms with van der Waals surface area (Å²) in [5.41, 5.74) is 2.61. The van der Waals surface area contributed by atoms with Gasteiger partial charge in [-0.15, -0.1) is 0 Å². The van der Waals surface area contributed by atoms with Crippen LogP contribution >= 0.6 is 0 Å². The number of aryl methyl sites for hydroxylation is 2. The van der Waals surface area contributed by atoms with Gasteiger partial charge in [0.05, 0.1) is 33.3 Å². The number of likely N-dealkylation sites (tertiary alicyclic amines) is 1. The zero-order chi connectivity index (χ0) is 23.0. The molecule has 4 rings (SSSR count). The van der Waals surface area contributed by atoms with Crippen LogP contribution in [0.2, 0.25) is 0 Å². The minimum absolute atomic E-state index is 0.113. The van der Waals surface area contributed by atoms with E-state index in [1.54, 1.807) is 17.0 Å². The SMILES string of the molecule is COc1cc(C(=O)N2CCC3(CC2)CC(=O)c2cc(C)cc(C)c2O3)cc(OC)c1OC. The fourth-order valence-corrected chi connectivity index (χ4v) is 4.72. The summed E-state index contributed by atoms with van der Waals surface area (Å²) in [7, 11) is 4.57. The highest BCUT2D eigenvalue weighted by molar-refractivity contribution is 6.01. The van der Waals surface area contributed by atoms with E-state index in [1.807, 2.05) is 26.0 Å². The van der Waals surface area contributed by atoms with Crippen molar-refractivity contribution in [2.45, 2.75) is 38.7 Å². The number of carbonyl (C=O) groups is 2. The highest BCUT2D eigenvalue weighted by Gasteiger charge is 2.44. The number of ketones is 1. The van der Waals surface area contributed by atoms with Gasteiger partial charge in [-0.1, -0.05) is 6.07 Å². The van der Waals surface area contributed by atoms with E-state index < -0.39 is 5.60 Å². The van der Waals surface area contributed by atoms with E-state index in [1.165, 1.54) is 21.3 Å². The van der Waals surface area contributed by atoms with Crippen LogP contribution in [-0.4, -0.2) is 56.6 Å². The molecule has 2 aromatic carbocycles. The first-order chi connectivity index (χ1) is 15.3. The number of rotatable bonds is 4. The van der Waals surface area contributed by atoms with E-state index >= 15 is 0 Å². The molecular weight excluding hydrogens is 410 g/mol. The van der Waals surface area contributed by atoms with Crippen molar-refractivity contribution in [2.24, 2.45) is 0 Å². The van der Waals surface area contributed by atoms with Gasteiger partial charge in [-0.2, -0.15) is 0 Å². The molecule has 1 saturated heterocycles. The third-order valence-electron chi connectivity index (χ3n) is 6.39. The van der Waals surface area contributed by atoms with Gasteiger partial charge >= 0.3 is 0 Å². The molecule has 2 aromatic rings. The third kappa shape index (κ3) is 3.76. The second-order valence-electron chi connectivity index (χ2n) is 8.55. The molecule has 32 heavy (non-hydrogen) atoms. The first kappa shape index (κ1) is 22.0. The van der Waals surface area contributed by atoms with Gasteiger partial charge in [-0.05, 0) is 43.2 Å². The highest BCUT2D eigenvalue weighted by atomic mass is 16.5. The molecule has 1 spiro atoms. The molecule has 2 aliphatic rings. The summed E-state index contributed by atoms with van der Waals surface area (Å²) in [6, 6.07) is 7.27. The molecule has 0 aliphatic carbocycles. The number of nitrogens with zero attached hydrogens (tertiary/aromatic N) is 1. The predicted octanol–water partition coefficient (Wildman–Crippen LogP) is 3.97. The van der Waals surface area contributed by atoms with Crippen LogP contribution in [0, 0.1) is 13.8 Å². The second kappa shape index (κ2) is 8.37. The van der Waals surface area contributed by atoms with Gasteiger partial charge in [-0.3, -0.25) is 9.59 Å². The van der Waals surface area contributed by atoms with Crippen molar-refractivity contribution in [2.75, 3.05) is 34.4 Å². The summed E-state index contributed by atoms with van der Waals surface area (Å²) < 4.78 is 22.5. The first-order valence-electron chi connectivity index (χ1n) is 10.7. The number of hydrogen-bond donors (Lipinski definition) is 0. The van der Waals surface area contributed by atoms with E-state index in [0.717, 1.165) is 11.1 Å². The molecule has 1 fully saturated rings. The zero-order valence-electron chi connectivity index (χ0n) is 19.2. The lowest BCUT2D eigenvalue weighted by molar-refractivity contribution is -0.00621. The molecule has 1 amide bonds. The van der Waals surface area contributed by atoms with Crippen molar-refractivity contribution in [3.05, 3.63) is 46.5 Å². The van der Waals surface area contributed by atoms with Crippen molar-refractivity contribution in [1.82, 2.24) is 4.90 Å². The van der Waals surface area contributed by atoms with Gasteiger partial charge in [0.25, 0.3) is 5.91 Å². The molecule has 0 N–H and O–H groups in total. The Bertz CT molecular complexity index is 1040. The Kier molecular flexibility index (Phi) is 5.75. The van der Waals surface area contributed by atoms with Gasteiger partial charge in [-0.25, -0.2) is 0 Å². The fourth-order valence-electron chi connectivity index (χ4n) is 4.72. The van der Waals surface area contributed by atoms with E-state index in [0.29, 0.717) is 66.5 Å². The van der Waals surface area contributed by atoms with Crippen molar-refractivity contribution in [3.63, 3.8) is 0 Å². The monoisotopic (exact) mass is 439 g/mol. The van der Waals surface area contributed by atoms with Crippen LogP contribution in [0.25, 0.3) is 0 Å². The summed E-state index contributed by atoms with van der Waals surface area (Å²) in [6.07, 6.45) is 1.54. The molecule has 0 atom stereocenters. The number of hydrogen-bond acceptors (Lipinski definition) is 6. The summed E-state index contributed by atoms with van der Waals surface area (Å²) in [4.78, 5) is 27.9. The number of methoxy groups -OCH3 is 3. The Hall–Kier alpha value is -3.22. The van der Waals surface area contributed by atoms with E-state index in [4.69, 9.17) is 18.9 Å². The molecule has 7 nitrogen and oxygen atoms in total. The standard InChI is InChI=1S/C25H29NO6/c1-15-10-16(2)22-18(11-15)19(27)14-25(32-22)6-8-26(9-7-25)24(28)17-12-20(29-3)23(31-5)21(13-17)30-4/h10-13H,6-9,14H2,1-5H3. The van der Waals surface area contributed by atoms with Crippen LogP contribution in [0.5, 0.6) is 23.0 Å². The van der Waals surface area contributed by atoms with Gasteiger partial charge < -0.3 is 23.8 Å². The van der Waals surface area contributed by atoms with E-state index in [9.17, 15) is 9.59 Å². The molecule has 170 valence electrons. The minimum Gasteiger partial charge on any atom is -0.493 e. The number of ether oxygens (including phenoxy) is 4. The quantitative estimate of drug-likeness (QED) is 0.718. The van der Waals surface area contributed by atoms with Crippen molar-refractivity contribution < 1.29 is 28.5 Å². The van der Waals surface area contributed by atoms with Crippen LogP contribution in [0.15, 0.2) is 24.3 Å². The molecule has 2 heterocycles. The molecule has 0 bridgehead atoms. The lowest BCUT2D eigenvalue weighted by Crippen LogP contribution is -2.52. The summed E-state index contributed by atoms with van der Waals surface area (Å²) in [6.45, 7) is 4.96. The summed E-state index contributed by atoms with van der Waals surface area (Å²) >= 11 is 0. The summed E-state index contributed by atoms with van der Waals surface area (Å²) in [5, 5.41) is 0. The lowest BCUT2D eigenvalue weighted by atomic mass is 9.81. The van der Waals surface area contributed by atoms with Gasteiger partial charge in [0.1, 0.15) is 11.4 Å². The first-order valence-corrected chi connectivity index (χ1v) is 10.7. The molecule has 0 aromatic heterocycles. The van der Waals surface area contributed by atoms with Crippen LogP contribution < -0.4 is 18.9 Å². The number of carbonyl (C=O) groups excluding carboxylic acids is 2.